The first-order chi connectivity index (χ1) is 14.2. The van der Waals surface area contributed by atoms with Crippen molar-refractivity contribution in [3.8, 4) is 5.75 Å². The molecule has 30 heavy (non-hydrogen) atoms. The van der Waals surface area contributed by atoms with Gasteiger partial charge in [-0.15, -0.1) is 0 Å². The molecule has 8 heteroatoms. The van der Waals surface area contributed by atoms with E-state index < -0.39 is 0 Å². The first-order valence-electron chi connectivity index (χ1n) is 9.97. The van der Waals surface area contributed by atoms with Crippen molar-refractivity contribution in [1.29, 1.82) is 0 Å². The molecule has 2 aromatic heterocycles. The number of nitrogens with one attached hydrogen (secondary N) is 1. The number of aromatic nitrogens is 4. The first-order valence-corrected chi connectivity index (χ1v) is 10.3. The van der Waals surface area contributed by atoms with Crippen molar-refractivity contribution in [3.63, 3.8) is 0 Å². The van der Waals surface area contributed by atoms with Gasteiger partial charge in [0.2, 0.25) is 0 Å². The lowest BCUT2D eigenvalue weighted by molar-refractivity contribution is 0.0945. The summed E-state index contributed by atoms with van der Waals surface area (Å²) in [6.45, 7) is 9.83. The molecule has 0 radical (unpaired) electrons. The smallest absolute Gasteiger partial charge is 0.271 e. The van der Waals surface area contributed by atoms with Crippen LogP contribution in [0, 0.1) is 6.92 Å². The molecular weight excluding hydrogens is 402 g/mol. The Bertz CT molecular complexity index is 966. The molecule has 0 aliphatic rings. The fourth-order valence-electron chi connectivity index (χ4n) is 2.89. The number of hydrogen-bond acceptors (Lipinski definition) is 4. The van der Waals surface area contributed by atoms with Gasteiger partial charge in [-0.2, -0.15) is 10.2 Å². The molecule has 0 fully saturated rings. The second-order valence-corrected chi connectivity index (χ2v) is 8.63. The molecule has 1 N–H and O–H groups in total. The zero-order valence-corrected chi connectivity index (χ0v) is 18.6. The van der Waals surface area contributed by atoms with E-state index in [0.29, 0.717) is 23.8 Å². The molecule has 7 nitrogen and oxygen atoms in total. The van der Waals surface area contributed by atoms with Crippen molar-refractivity contribution < 1.29 is 9.53 Å². The molecule has 160 valence electrons. The average Bonchev–Trinajstić information content (AvgIpc) is 3.30. The minimum absolute atomic E-state index is 0.104. The summed E-state index contributed by atoms with van der Waals surface area (Å²) in [6, 6.07) is 9.71. The van der Waals surface area contributed by atoms with Gasteiger partial charge in [-0.05, 0) is 42.5 Å². The van der Waals surface area contributed by atoms with Crippen LogP contribution in [-0.4, -0.2) is 32.0 Å². The highest BCUT2D eigenvalue weighted by atomic mass is 35.5. The Morgan fingerprint density at radius 1 is 1.13 bits per heavy atom. The van der Waals surface area contributed by atoms with Gasteiger partial charge in [0.1, 0.15) is 11.4 Å². The number of rotatable bonds is 8. The van der Waals surface area contributed by atoms with Crippen LogP contribution in [0.15, 0.2) is 42.7 Å². The van der Waals surface area contributed by atoms with Crippen molar-refractivity contribution >= 4 is 17.5 Å². The molecule has 0 unspecified atom stereocenters. The number of hydrogen-bond donors (Lipinski definition) is 1. The molecule has 0 spiro atoms. The molecular formula is C22H28ClN5O2. The van der Waals surface area contributed by atoms with Crippen LogP contribution >= 0.6 is 11.6 Å². The topological polar surface area (TPSA) is 74.0 Å². The molecule has 0 saturated carbocycles. The van der Waals surface area contributed by atoms with Gasteiger partial charge in [-0.25, -0.2) is 4.68 Å². The van der Waals surface area contributed by atoms with Gasteiger partial charge in [0.15, 0.2) is 6.73 Å². The number of aryl methyl sites for hydroxylation is 2. The van der Waals surface area contributed by atoms with Gasteiger partial charge < -0.3 is 10.1 Å². The molecule has 0 saturated heterocycles. The largest absolute Gasteiger partial charge is 0.471 e. The fourth-order valence-corrected chi connectivity index (χ4v) is 3.04. The maximum absolute atomic E-state index is 12.3. The maximum Gasteiger partial charge on any atom is 0.271 e. The molecule has 0 aliphatic heterocycles. The summed E-state index contributed by atoms with van der Waals surface area (Å²) >= 11 is 5.99. The Labute approximate surface area is 182 Å². The number of nitrogens with zero attached hydrogens (tertiary/aromatic N) is 4. The van der Waals surface area contributed by atoms with Crippen molar-refractivity contribution in [2.24, 2.45) is 0 Å². The summed E-state index contributed by atoms with van der Waals surface area (Å²) in [7, 11) is 0. The van der Waals surface area contributed by atoms with E-state index >= 15 is 0 Å². The van der Waals surface area contributed by atoms with E-state index in [2.05, 4.69) is 48.4 Å². The van der Waals surface area contributed by atoms with Gasteiger partial charge in [0.25, 0.3) is 5.91 Å². The molecule has 0 aliphatic carbocycles. The van der Waals surface area contributed by atoms with Crippen LogP contribution in [0.2, 0.25) is 5.02 Å². The Morgan fingerprint density at radius 2 is 1.87 bits per heavy atom. The third kappa shape index (κ3) is 5.86. The van der Waals surface area contributed by atoms with Crippen LogP contribution in [-0.2, 0) is 18.7 Å². The molecule has 0 bridgehead atoms. The van der Waals surface area contributed by atoms with E-state index in [9.17, 15) is 4.79 Å². The number of amides is 1. The summed E-state index contributed by atoms with van der Waals surface area (Å²) in [5.41, 5.74) is 2.52. The molecule has 3 rings (SSSR count). The standard InChI is InChI=1S/C22H28ClN5O2/c1-16-19(23)14-27(25-16)12-5-11-24-21(29)20-10-13-28(26-20)15-30-18-8-6-17(7-9-18)22(2,3)4/h6-10,13-14H,5,11-12,15H2,1-4H3,(H,24,29). The van der Waals surface area contributed by atoms with Crippen LogP contribution in [0.25, 0.3) is 0 Å². The Hall–Kier alpha value is -2.80. The van der Waals surface area contributed by atoms with Gasteiger partial charge >= 0.3 is 0 Å². The average molecular weight is 430 g/mol. The van der Waals surface area contributed by atoms with Crippen LogP contribution in [0.1, 0.15) is 48.9 Å². The van der Waals surface area contributed by atoms with Gasteiger partial charge in [-0.3, -0.25) is 9.48 Å². The van der Waals surface area contributed by atoms with Crippen LogP contribution in [0.3, 0.4) is 0 Å². The Kier molecular flexibility index (Phi) is 6.82. The lowest BCUT2D eigenvalue weighted by atomic mass is 9.87. The lowest BCUT2D eigenvalue weighted by Crippen LogP contribution is -2.26. The van der Waals surface area contributed by atoms with E-state index in [-0.39, 0.29) is 18.1 Å². The fraction of sp³-hybridized carbons (Fsp3) is 0.409. The summed E-state index contributed by atoms with van der Waals surface area (Å²) in [6.07, 6.45) is 4.27. The predicted octanol–water partition coefficient (Wildman–Crippen LogP) is 4.20. The van der Waals surface area contributed by atoms with Crippen LogP contribution in [0.4, 0.5) is 0 Å². The minimum atomic E-state index is -0.210. The predicted molar refractivity (Wildman–Crippen MR) is 117 cm³/mol. The highest BCUT2D eigenvalue weighted by molar-refractivity contribution is 6.31. The summed E-state index contributed by atoms with van der Waals surface area (Å²) in [5.74, 6) is 0.552. The van der Waals surface area contributed by atoms with Gasteiger partial charge in [0, 0.05) is 25.5 Å². The number of halogens is 1. The lowest BCUT2D eigenvalue weighted by Gasteiger charge is -2.19. The quantitative estimate of drug-likeness (QED) is 0.544. The monoisotopic (exact) mass is 429 g/mol. The Morgan fingerprint density at radius 3 is 2.50 bits per heavy atom. The third-order valence-electron chi connectivity index (χ3n) is 4.69. The zero-order valence-electron chi connectivity index (χ0n) is 17.9. The summed E-state index contributed by atoms with van der Waals surface area (Å²) < 4.78 is 9.14. The normalized spacial score (nSPS) is 11.5. The van der Waals surface area contributed by atoms with Crippen LogP contribution < -0.4 is 10.1 Å². The highest BCUT2D eigenvalue weighted by Crippen LogP contribution is 2.24. The van der Waals surface area contributed by atoms with E-state index in [0.717, 1.165) is 17.9 Å². The van der Waals surface area contributed by atoms with Gasteiger partial charge in [0.05, 0.1) is 10.7 Å². The van der Waals surface area contributed by atoms with Crippen LogP contribution in [0.5, 0.6) is 5.75 Å². The van der Waals surface area contributed by atoms with Crippen molar-refractivity contribution in [1.82, 2.24) is 24.9 Å². The van der Waals surface area contributed by atoms with Gasteiger partial charge in [-0.1, -0.05) is 44.5 Å². The SMILES string of the molecule is Cc1nn(CCCNC(=O)c2ccn(COc3ccc(C(C)(C)C)cc3)n2)cc1Cl. The van der Waals surface area contributed by atoms with E-state index in [1.54, 1.807) is 27.8 Å². The van der Waals surface area contributed by atoms with Crippen molar-refractivity contribution in [2.45, 2.75) is 52.8 Å². The highest BCUT2D eigenvalue weighted by Gasteiger charge is 2.13. The van der Waals surface area contributed by atoms with E-state index in [1.807, 2.05) is 19.1 Å². The second-order valence-electron chi connectivity index (χ2n) is 8.22. The number of ether oxygens (including phenoxy) is 1. The molecule has 0 atom stereocenters. The number of carbonyl (C=O) groups is 1. The summed E-state index contributed by atoms with van der Waals surface area (Å²) in [5, 5.41) is 12.1. The van der Waals surface area contributed by atoms with Crippen molar-refractivity contribution in [3.05, 3.63) is 64.7 Å². The van der Waals surface area contributed by atoms with Crippen molar-refractivity contribution in [2.75, 3.05) is 6.54 Å². The third-order valence-corrected chi connectivity index (χ3v) is 5.06. The molecule has 1 amide bonds. The molecule has 1 aromatic carbocycles. The Balaban J connectivity index is 1.43. The van der Waals surface area contributed by atoms with E-state index in [4.69, 9.17) is 16.3 Å². The number of carbonyl (C=O) groups excluding carboxylic acids is 1. The van der Waals surface area contributed by atoms with E-state index in [1.165, 1.54) is 5.56 Å². The molecule has 3 aromatic rings. The maximum atomic E-state index is 12.3. The minimum Gasteiger partial charge on any atom is -0.471 e. The number of benzene rings is 1. The molecule has 2 heterocycles. The first kappa shape index (κ1) is 21.9. The second kappa shape index (κ2) is 9.34. The zero-order chi connectivity index (χ0) is 21.7. The summed E-state index contributed by atoms with van der Waals surface area (Å²) in [4.78, 5) is 12.3.